The van der Waals surface area contributed by atoms with Crippen LogP contribution in [0.4, 0.5) is 19.0 Å². The molecule has 0 aliphatic carbocycles. The van der Waals surface area contributed by atoms with Gasteiger partial charge in [0.05, 0.1) is 6.54 Å². The van der Waals surface area contributed by atoms with Crippen LogP contribution in [0.3, 0.4) is 0 Å². The molecule has 0 spiro atoms. The molecule has 0 saturated carbocycles. The number of likely N-dealkylation sites (N-methyl/N-ethyl adjacent to an activating group) is 1. The summed E-state index contributed by atoms with van der Waals surface area (Å²) in [6.07, 6.45) is -2.59. The van der Waals surface area contributed by atoms with Crippen molar-refractivity contribution in [1.82, 2.24) is 25.5 Å². The van der Waals surface area contributed by atoms with E-state index < -0.39 is 11.9 Å². The Balaban J connectivity index is 1.47. The number of hydrogen-bond donors (Lipinski definition) is 2. The van der Waals surface area contributed by atoms with Gasteiger partial charge in [-0.05, 0) is 18.7 Å². The Labute approximate surface area is 171 Å². The molecule has 1 aliphatic heterocycles. The number of pyridine rings is 1. The Morgan fingerprint density at radius 1 is 1.17 bits per heavy atom. The molecule has 29 heavy (non-hydrogen) atoms. The fraction of sp³-hybridized carbons (Fsp3) is 0.500. The van der Waals surface area contributed by atoms with Gasteiger partial charge in [0.1, 0.15) is 10.8 Å². The lowest BCUT2D eigenvalue weighted by molar-refractivity contribution is -0.140. The lowest BCUT2D eigenvalue weighted by atomic mass is 10.2. The second-order valence-electron chi connectivity index (χ2n) is 6.72. The van der Waals surface area contributed by atoms with Crippen molar-refractivity contribution in [2.24, 2.45) is 4.99 Å². The second-order valence-corrected chi connectivity index (χ2v) is 7.66. The number of guanidine groups is 1. The number of thiazole rings is 1. The SMILES string of the molecule is CN=C(NCc1ccc(N2CCN(C)CC2)nc1)NCc1nc(C(F)(F)F)cs1. The van der Waals surface area contributed by atoms with Gasteiger partial charge in [0.2, 0.25) is 0 Å². The van der Waals surface area contributed by atoms with Crippen LogP contribution >= 0.6 is 11.3 Å². The molecule has 2 aromatic heterocycles. The van der Waals surface area contributed by atoms with Gasteiger partial charge in [-0.2, -0.15) is 13.2 Å². The van der Waals surface area contributed by atoms with Gasteiger partial charge < -0.3 is 20.4 Å². The molecular weight excluding hydrogens is 403 g/mol. The van der Waals surface area contributed by atoms with E-state index in [-0.39, 0.29) is 6.54 Å². The number of aliphatic imine (C=N–C) groups is 1. The van der Waals surface area contributed by atoms with Crippen LogP contribution in [0.5, 0.6) is 0 Å². The molecule has 1 aliphatic rings. The molecule has 3 rings (SSSR count). The topological polar surface area (TPSA) is 68.7 Å². The summed E-state index contributed by atoms with van der Waals surface area (Å²) in [7, 11) is 3.72. The third kappa shape index (κ3) is 6.04. The summed E-state index contributed by atoms with van der Waals surface area (Å²) in [6, 6.07) is 4.02. The van der Waals surface area contributed by atoms with E-state index in [0.717, 1.165) is 54.3 Å². The monoisotopic (exact) mass is 427 g/mol. The summed E-state index contributed by atoms with van der Waals surface area (Å²) in [5, 5.41) is 7.47. The minimum atomic E-state index is -4.42. The molecule has 0 unspecified atom stereocenters. The van der Waals surface area contributed by atoms with Gasteiger partial charge in [-0.25, -0.2) is 9.97 Å². The Morgan fingerprint density at radius 2 is 1.90 bits per heavy atom. The van der Waals surface area contributed by atoms with E-state index in [9.17, 15) is 13.2 Å². The first-order chi connectivity index (χ1) is 13.8. The highest BCUT2D eigenvalue weighted by Gasteiger charge is 2.33. The van der Waals surface area contributed by atoms with Crippen LogP contribution in [0.2, 0.25) is 0 Å². The van der Waals surface area contributed by atoms with Crippen LogP contribution < -0.4 is 15.5 Å². The molecule has 2 aromatic rings. The first-order valence-electron chi connectivity index (χ1n) is 9.19. The maximum absolute atomic E-state index is 12.6. The standard InChI is InChI=1S/C18H24F3N7S/c1-22-17(25-11-16-26-14(12-29-16)18(19,20)21)24-10-13-3-4-15(23-9-13)28-7-5-27(2)6-8-28/h3-4,9,12H,5-8,10-11H2,1-2H3,(H2,22,24,25). The molecule has 1 fully saturated rings. The minimum absolute atomic E-state index is 0.168. The second kappa shape index (κ2) is 9.40. The highest BCUT2D eigenvalue weighted by atomic mass is 32.1. The van der Waals surface area contributed by atoms with Crippen molar-refractivity contribution in [2.75, 3.05) is 45.2 Å². The molecule has 0 amide bonds. The first-order valence-corrected chi connectivity index (χ1v) is 10.1. The summed E-state index contributed by atoms with van der Waals surface area (Å²) in [5.74, 6) is 1.45. The van der Waals surface area contributed by atoms with Gasteiger partial charge in [-0.3, -0.25) is 4.99 Å². The van der Waals surface area contributed by atoms with Crippen molar-refractivity contribution < 1.29 is 13.2 Å². The summed E-state index contributed by atoms with van der Waals surface area (Å²) < 4.78 is 37.8. The summed E-state index contributed by atoms with van der Waals surface area (Å²) >= 11 is 0.965. The Bertz CT molecular complexity index is 812. The van der Waals surface area contributed by atoms with Crippen LogP contribution in [-0.4, -0.2) is 61.1 Å². The molecule has 0 bridgehead atoms. The van der Waals surface area contributed by atoms with E-state index in [1.165, 1.54) is 0 Å². The lowest BCUT2D eigenvalue weighted by Gasteiger charge is -2.33. The van der Waals surface area contributed by atoms with Crippen molar-refractivity contribution in [3.63, 3.8) is 0 Å². The maximum atomic E-state index is 12.6. The molecule has 158 valence electrons. The van der Waals surface area contributed by atoms with E-state index in [4.69, 9.17) is 0 Å². The zero-order valence-electron chi connectivity index (χ0n) is 16.3. The number of anilines is 1. The number of rotatable bonds is 5. The average Bonchev–Trinajstić information content (AvgIpc) is 3.19. The van der Waals surface area contributed by atoms with Gasteiger partial charge in [0.25, 0.3) is 0 Å². The molecular formula is C18H24F3N7S. The van der Waals surface area contributed by atoms with Gasteiger partial charge in [0, 0.05) is 51.3 Å². The van der Waals surface area contributed by atoms with Crippen LogP contribution in [0, 0.1) is 0 Å². The molecule has 1 saturated heterocycles. The van der Waals surface area contributed by atoms with E-state index in [2.05, 4.69) is 42.4 Å². The Morgan fingerprint density at radius 3 is 2.48 bits per heavy atom. The van der Waals surface area contributed by atoms with Gasteiger partial charge in [-0.15, -0.1) is 11.3 Å². The van der Waals surface area contributed by atoms with Gasteiger partial charge in [-0.1, -0.05) is 6.07 Å². The number of piperazine rings is 1. The molecule has 0 aromatic carbocycles. The van der Waals surface area contributed by atoms with Crippen LogP contribution in [0.15, 0.2) is 28.7 Å². The van der Waals surface area contributed by atoms with Crippen molar-refractivity contribution >= 4 is 23.1 Å². The van der Waals surface area contributed by atoms with Crippen molar-refractivity contribution in [1.29, 1.82) is 0 Å². The average molecular weight is 428 g/mol. The zero-order chi connectivity index (χ0) is 20.9. The largest absolute Gasteiger partial charge is 0.434 e. The molecule has 2 N–H and O–H groups in total. The Kier molecular flexibility index (Phi) is 6.91. The molecule has 7 nitrogen and oxygen atoms in total. The van der Waals surface area contributed by atoms with Crippen molar-refractivity contribution in [3.8, 4) is 0 Å². The van der Waals surface area contributed by atoms with E-state index in [0.29, 0.717) is 17.5 Å². The van der Waals surface area contributed by atoms with Crippen LogP contribution in [0.1, 0.15) is 16.3 Å². The normalized spacial score (nSPS) is 16.2. The molecule has 0 radical (unpaired) electrons. The number of nitrogens with one attached hydrogen (secondary N) is 2. The smallest absolute Gasteiger partial charge is 0.354 e. The number of nitrogens with zero attached hydrogens (tertiary/aromatic N) is 5. The summed E-state index contributed by atoms with van der Waals surface area (Å²) in [4.78, 5) is 16.8. The predicted octanol–water partition coefficient (Wildman–Crippen LogP) is 2.17. The van der Waals surface area contributed by atoms with Crippen LogP contribution in [-0.2, 0) is 19.3 Å². The molecule has 0 atom stereocenters. The van der Waals surface area contributed by atoms with E-state index in [1.807, 2.05) is 18.3 Å². The third-order valence-corrected chi connectivity index (χ3v) is 5.42. The molecule has 11 heteroatoms. The van der Waals surface area contributed by atoms with E-state index >= 15 is 0 Å². The number of halogens is 3. The van der Waals surface area contributed by atoms with Crippen LogP contribution in [0.25, 0.3) is 0 Å². The van der Waals surface area contributed by atoms with Crippen molar-refractivity contribution in [3.05, 3.63) is 40.0 Å². The lowest BCUT2D eigenvalue weighted by Crippen LogP contribution is -2.44. The number of hydrogen-bond acceptors (Lipinski definition) is 6. The Hall–Kier alpha value is -2.40. The van der Waals surface area contributed by atoms with Crippen molar-refractivity contribution in [2.45, 2.75) is 19.3 Å². The first kappa shape index (κ1) is 21.3. The fourth-order valence-electron chi connectivity index (χ4n) is 2.83. The summed E-state index contributed by atoms with van der Waals surface area (Å²) in [5.41, 5.74) is 0.119. The highest BCUT2D eigenvalue weighted by molar-refractivity contribution is 7.09. The number of alkyl halides is 3. The predicted molar refractivity (Wildman–Crippen MR) is 108 cm³/mol. The quantitative estimate of drug-likeness (QED) is 0.563. The highest BCUT2D eigenvalue weighted by Crippen LogP contribution is 2.29. The summed E-state index contributed by atoms with van der Waals surface area (Å²) in [6.45, 7) is 4.64. The third-order valence-electron chi connectivity index (χ3n) is 4.57. The van der Waals surface area contributed by atoms with E-state index in [1.54, 1.807) is 7.05 Å². The fourth-order valence-corrected chi connectivity index (χ4v) is 3.57. The van der Waals surface area contributed by atoms with Gasteiger partial charge >= 0.3 is 6.18 Å². The zero-order valence-corrected chi connectivity index (χ0v) is 17.1. The maximum Gasteiger partial charge on any atom is 0.434 e. The molecule has 3 heterocycles. The minimum Gasteiger partial charge on any atom is -0.354 e. The van der Waals surface area contributed by atoms with Gasteiger partial charge in [0.15, 0.2) is 11.7 Å². The number of aromatic nitrogens is 2.